The van der Waals surface area contributed by atoms with Crippen LogP contribution in [0.5, 0.6) is 0 Å². The highest BCUT2D eigenvalue weighted by atomic mass is 16.2. The molecule has 0 fully saturated rings. The average molecular weight is 138 g/mol. The number of aromatic nitrogens is 2. The van der Waals surface area contributed by atoms with Gasteiger partial charge in [-0.3, -0.25) is 4.79 Å². The van der Waals surface area contributed by atoms with Crippen molar-refractivity contribution in [2.75, 3.05) is 12.1 Å². The van der Waals surface area contributed by atoms with Crippen molar-refractivity contribution >= 4 is 5.91 Å². The van der Waals surface area contributed by atoms with Crippen molar-refractivity contribution in [2.24, 2.45) is 0 Å². The van der Waals surface area contributed by atoms with Crippen LogP contribution in [0.4, 0.5) is 0 Å². The molecule has 0 bridgehead atoms. The van der Waals surface area contributed by atoms with Crippen LogP contribution in [0.15, 0.2) is 12.4 Å². The third kappa shape index (κ3) is 0.570. The van der Waals surface area contributed by atoms with Gasteiger partial charge in [0.05, 0.1) is 0 Å². The average Bonchev–Trinajstić information content (AvgIpc) is 2.36. The maximum Gasteiger partial charge on any atom is 0.290 e. The van der Waals surface area contributed by atoms with Crippen LogP contribution in [0.1, 0.15) is 10.6 Å². The number of fused-ring (bicyclic) bond motifs is 1. The molecule has 2 heterocycles. The Morgan fingerprint density at radius 2 is 2.60 bits per heavy atom. The molecule has 1 aliphatic heterocycles. The summed E-state index contributed by atoms with van der Waals surface area (Å²) >= 11 is 0. The summed E-state index contributed by atoms with van der Waals surface area (Å²) in [4.78, 5) is 14.7. The molecule has 0 unspecified atom stereocenters. The van der Waals surface area contributed by atoms with Gasteiger partial charge in [0.25, 0.3) is 5.91 Å². The number of rotatable bonds is 0. The van der Waals surface area contributed by atoms with Gasteiger partial charge in [0.2, 0.25) is 5.82 Å². The second-order valence-electron chi connectivity index (χ2n) is 1.96. The van der Waals surface area contributed by atoms with E-state index in [1.807, 2.05) is 0 Å². The van der Waals surface area contributed by atoms with Crippen molar-refractivity contribution in [1.29, 1.82) is 0 Å². The Kier molecular flexibility index (Phi) is 0.913. The highest BCUT2D eigenvalue weighted by Gasteiger charge is 2.15. The van der Waals surface area contributed by atoms with Crippen molar-refractivity contribution in [3.05, 3.63) is 18.2 Å². The van der Waals surface area contributed by atoms with Gasteiger partial charge in [0, 0.05) is 12.4 Å². The first-order chi connectivity index (χ1) is 4.88. The Hall–Kier alpha value is -1.52. The lowest BCUT2D eigenvalue weighted by Gasteiger charge is -2.15. The molecule has 2 rings (SSSR count). The fourth-order valence-corrected chi connectivity index (χ4v) is 0.883. The van der Waals surface area contributed by atoms with Crippen molar-refractivity contribution in [1.82, 2.24) is 15.0 Å². The molecule has 0 saturated heterocycles. The first-order valence-electron chi connectivity index (χ1n) is 2.93. The molecule has 2 N–H and O–H groups in total. The zero-order valence-corrected chi connectivity index (χ0v) is 5.16. The first-order valence-corrected chi connectivity index (χ1v) is 2.93. The van der Waals surface area contributed by atoms with Crippen LogP contribution in [0.25, 0.3) is 0 Å². The van der Waals surface area contributed by atoms with Crippen molar-refractivity contribution in [3.8, 4) is 0 Å². The van der Waals surface area contributed by atoms with E-state index < -0.39 is 0 Å². The van der Waals surface area contributed by atoms with Crippen molar-refractivity contribution in [3.63, 3.8) is 0 Å². The van der Waals surface area contributed by atoms with Crippen LogP contribution in [0, 0.1) is 0 Å². The Balaban J connectivity index is 2.50. The summed E-state index contributed by atoms with van der Waals surface area (Å²) in [6.45, 7) is 0.461. The van der Waals surface area contributed by atoms with E-state index in [2.05, 4.69) is 15.7 Å². The lowest BCUT2D eigenvalue weighted by atomic mass is 10.5. The maximum atomic E-state index is 10.9. The molecule has 0 aliphatic carbocycles. The SMILES string of the molecule is O=C1NCNn2ccnc21. The van der Waals surface area contributed by atoms with Gasteiger partial charge >= 0.3 is 0 Å². The third-order valence-corrected chi connectivity index (χ3v) is 1.34. The topological polar surface area (TPSA) is 59.0 Å². The Morgan fingerprint density at radius 3 is 3.40 bits per heavy atom. The van der Waals surface area contributed by atoms with E-state index in [-0.39, 0.29) is 5.91 Å². The third-order valence-electron chi connectivity index (χ3n) is 1.34. The van der Waals surface area contributed by atoms with Gasteiger partial charge in [0.15, 0.2) is 0 Å². The largest absolute Gasteiger partial charge is 0.331 e. The van der Waals surface area contributed by atoms with E-state index >= 15 is 0 Å². The molecule has 5 heteroatoms. The van der Waals surface area contributed by atoms with Gasteiger partial charge in [0.1, 0.15) is 6.67 Å². The van der Waals surface area contributed by atoms with Crippen LogP contribution in [-0.2, 0) is 0 Å². The summed E-state index contributed by atoms with van der Waals surface area (Å²) in [5.74, 6) is 0.273. The molecule has 0 saturated carbocycles. The Morgan fingerprint density at radius 1 is 1.70 bits per heavy atom. The summed E-state index contributed by atoms with van der Waals surface area (Å²) in [6.07, 6.45) is 3.28. The van der Waals surface area contributed by atoms with Crippen molar-refractivity contribution in [2.45, 2.75) is 0 Å². The van der Waals surface area contributed by atoms with E-state index in [1.165, 1.54) is 0 Å². The number of nitrogens with one attached hydrogen (secondary N) is 2. The number of hydrogen-bond donors (Lipinski definition) is 2. The van der Waals surface area contributed by atoms with E-state index in [4.69, 9.17) is 0 Å². The second kappa shape index (κ2) is 1.73. The van der Waals surface area contributed by atoms with Gasteiger partial charge in [-0.25, -0.2) is 9.66 Å². The summed E-state index contributed by atoms with van der Waals surface area (Å²) in [7, 11) is 0. The van der Waals surface area contributed by atoms with Gasteiger partial charge in [-0.1, -0.05) is 0 Å². The highest BCUT2D eigenvalue weighted by Crippen LogP contribution is 1.96. The van der Waals surface area contributed by atoms with Crippen LogP contribution in [0.3, 0.4) is 0 Å². The van der Waals surface area contributed by atoms with Crippen LogP contribution < -0.4 is 10.7 Å². The predicted octanol–water partition coefficient (Wildman–Crippen LogP) is -0.873. The number of carbonyl (C=O) groups is 1. The molecule has 1 amide bonds. The molecule has 1 aliphatic rings. The molecule has 0 atom stereocenters. The second-order valence-corrected chi connectivity index (χ2v) is 1.96. The van der Waals surface area contributed by atoms with Crippen molar-refractivity contribution < 1.29 is 4.79 Å². The van der Waals surface area contributed by atoms with Crippen LogP contribution in [-0.4, -0.2) is 22.2 Å². The number of amides is 1. The summed E-state index contributed by atoms with van der Waals surface area (Å²) in [5, 5.41) is 2.59. The lowest BCUT2D eigenvalue weighted by Crippen LogP contribution is -2.41. The predicted molar refractivity (Wildman–Crippen MR) is 33.9 cm³/mol. The normalized spacial score (nSPS) is 15.4. The monoisotopic (exact) mass is 138 g/mol. The molecule has 52 valence electrons. The fourth-order valence-electron chi connectivity index (χ4n) is 0.883. The van der Waals surface area contributed by atoms with Gasteiger partial charge in [-0.05, 0) is 0 Å². The van der Waals surface area contributed by atoms with Crippen LogP contribution >= 0.6 is 0 Å². The number of nitrogens with zero attached hydrogens (tertiary/aromatic N) is 2. The van der Waals surface area contributed by atoms with Crippen LogP contribution in [0.2, 0.25) is 0 Å². The first kappa shape index (κ1) is 5.28. The molecule has 0 aromatic carbocycles. The number of hydrogen-bond acceptors (Lipinski definition) is 3. The molecule has 1 aromatic heterocycles. The smallest absolute Gasteiger partial charge is 0.290 e. The number of carbonyl (C=O) groups excluding carboxylic acids is 1. The molecular formula is C5H6N4O. The number of imidazole rings is 1. The molecule has 0 spiro atoms. The highest BCUT2D eigenvalue weighted by molar-refractivity contribution is 5.91. The molecule has 1 aromatic rings. The fraction of sp³-hybridized carbons (Fsp3) is 0.200. The molecule has 5 nitrogen and oxygen atoms in total. The van der Waals surface area contributed by atoms with E-state index in [0.717, 1.165) is 0 Å². The minimum atomic E-state index is -0.135. The zero-order valence-electron chi connectivity index (χ0n) is 5.16. The minimum absolute atomic E-state index is 0.135. The molecular weight excluding hydrogens is 132 g/mol. The summed E-state index contributed by atoms with van der Waals surface area (Å²) < 4.78 is 1.60. The maximum absolute atomic E-state index is 10.9. The molecule has 10 heavy (non-hydrogen) atoms. The van der Waals surface area contributed by atoms with Gasteiger partial charge < -0.3 is 10.7 Å². The minimum Gasteiger partial charge on any atom is -0.331 e. The molecule has 0 radical (unpaired) electrons. The summed E-state index contributed by atoms with van der Waals surface area (Å²) in [5.41, 5.74) is 2.90. The standard InChI is InChI=1S/C5H6N4O/c10-5-4-6-1-2-9(4)8-3-7-5/h1-2,8H,3H2,(H,7,10). The zero-order chi connectivity index (χ0) is 6.97. The van der Waals surface area contributed by atoms with Gasteiger partial charge in [-0.15, -0.1) is 0 Å². The summed E-state index contributed by atoms with van der Waals surface area (Å²) in [6, 6.07) is 0. The van der Waals surface area contributed by atoms with E-state index in [1.54, 1.807) is 17.1 Å². The lowest BCUT2D eigenvalue weighted by molar-refractivity contribution is 0.0931. The van der Waals surface area contributed by atoms with Gasteiger partial charge in [-0.2, -0.15) is 0 Å². The Bertz CT molecular complexity index is 266. The van der Waals surface area contributed by atoms with E-state index in [0.29, 0.717) is 12.5 Å². The Labute approximate surface area is 57.0 Å². The quantitative estimate of drug-likeness (QED) is 0.490. The van der Waals surface area contributed by atoms with E-state index in [9.17, 15) is 4.79 Å².